The molecule has 13 amide bonds. The molecule has 3 rings (SSSR count). The third kappa shape index (κ3) is 28.7. The number of amides is 13. The molecule has 1 aliphatic rings. The summed E-state index contributed by atoms with van der Waals surface area (Å²) in [6.45, 7) is 9.94. The average Bonchev–Trinajstić information content (AvgIpc) is 1.77. The highest BCUT2D eigenvalue weighted by Gasteiger charge is 2.41. The number of H-pyrrole nitrogens is 1. The Bertz CT molecular complexity index is 3150. The molecule has 1 aliphatic heterocycles. The number of aliphatic imine (C=N–C) groups is 1. The van der Waals surface area contributed by atoms with Crippen molar-refractivity contribution in [1.29, 1.82) is 0 Å². The number of guanidine groups is 1. The number of benzene rings is 1. The van der Waals surface area contributed by atoms with Crippen LogP contribution in [0.15, 0.2) is 47.8 Å². The Morgan fingerprint density at radius 2 is 1.14 bits per heavy atom. The lowest BCUT2D eigenvalue weighted by molar-refractivity contribution is -0.145. The second kappa shape index (κ2) is 42.9. The van der Waals surface area contributed by atoms with Crippen LogP contribution in [0.25, 0.3) is 0 Å². The van der Waals surface area contributed by atoms with Gasteiger partial charge in [0.1, 0.15) is 66.5 Å². The molecular weight excluding hydrogens is 1320 g/mol. The molecule has 15 atom stereocenters. The van der Waals surface area contributed by atoms with Gasteiger partial charge in [-0.25, -0.2) is 4.98 Å². The van der Waals surface area contributed by atoms with Gasteiger partial charge in [0.25, 0.3) is 0 Å². The van der Waals surface area contributed by atoms with E-state index in [2.05, 4.69) is 73.4 Å². The van der Waals surface area contributed by atoms with Crippen molar-refractivity contribution in [1.82, 2.24) is 73.4 Å². The van der Waals surface area contributed by atoms with Gasteiger partial charge in [-0.3, -0.25) is 72.1 Å². The van der Waals surface area contributed by atoms with Gasteiger partial charge in [0.05, 0.1) is 38.2 Å². The van der Waals surface area contributed by atoms with E-state index >= 15 is 0 Å². The van der Waals surface area contributed by atoms with Gasteiger partial charge in [-0.1, -0.05) is 84.7 Å². The number of aromatic nitrogens is 2. The number of carbonyl (C=O) groups excluding carboxylic acids is 13. The molecule has 1 fully saturated rings. The van der Waals surface area contributed by atoms with E-state index in [0.717, 1.165) is 6.92 Å². The van der Waals surface area contributed by atoms with Gasteiger partial charge in [0.15, 0.2) is 5.96 Å². The van der Waals surface area contributed by atoms with Crippen molar-refractivity contribution < 1.29 is 87.5 Å². The third-order valence-corrected chi connectivity index (χ3v) is 16.8. The summed E-state index contributed by atoms with van der Waals surface area (Å²) in [5.74, 6) is -15.1. The number of carbonyl (C=O) groups is 14. The number of aliphatic carboxylic acids is 1. The molecule has 1 saturated heterocycles. The predicted octanol–water partition coefficient (Wildman–Crippen LogP) is -6.60. The summed E-state index contributed by atoms with van der Waals surface area (Å²) >= 11 is 0. The molecule has 2 aromatic rings. The Balaban J connectivity index is 1.82. The molecule has 101 heavy (non-hydrogen) atoms. The lowest BCUT2D eigenvalue weighted by Gasteiger charge is -2.31. The van der Waals surface area contributed by atoms with E-state index in [9.17, 15) is 87.5 Å². The SMILES string of the molecule is CC[C@H](C)[C@H](NC(=O)[C@H](Cc1ccccc1)NC(=O)[C@H](CCCN=C(N)N)NC(=O)[C@@H](N)CC(C)C)C(=O)N[C@@H](CO)C(=O)N[C@@H](CO)C(=O)N[C@@H](Cc1cnc[nH]1)C(=O)N[C@@H](CCC(N)=O)C(=O)N[C@H](C(=O)NCC(=O)N[C@H](C(=O)N1CCC[C@H]1C(=O)N[C@@H](C)C(=O)O)[C@@H](C)CC)[C@@H](C)O. The summed E-state index contributed by atoms with van der Waals surface area (Å²) in [5.41, 5.74) is 23.3. The number of aliphatic hydroxyl groups excluding tert-OH is 3. The lowest BCUT2D eigenvalue weighted by atomic mass is 9.96. The number of nitrogens with one attached hydrogen (secondary N) is 12. The fraction of sp³-hybridized carbons (Fsp3) is 0.625. The molecular formula is C64H103N19O18. The van der Waals surface area contributed by atoms with Crippen LogP contribution in [0.4, 0.5) is 0 Å². The number of nitrogens with two attached hydrogens (primary N) is 4. The molecule has 24 N–H and O–H groups in total. The van der Waals surface area contributed by atoms with Crippen LogP contribution in [0.2, 0.25) is 0 Å². The fourth-order valence-electron chi connectivity index (χ4n) is 10.5. The van der Waals surface area contributed by atoms with Gasteiger partial charge in [0.2, 0.25) is 76.8 Å². The fourth-order valence-corrected chi connectivity index (χ4v) is 10.5. The van der Waals surface area contributed by atoms with Gasteiger partial charge in [0, 0.05) is 44.2 Å². The van der Waals surface area contributed by atoms with Crippen molar-refractivity contribution in [2.75, 3.05) is 32.8 Å². The topological polar surface area (TPSA) is 601 Å². The highest BCUT2D eigenvalue weighted by molar-refractivity contribution is 6.00. The third-order valence-electron chi connectivity index (χ3n) is 16.8. The summed E-state index contributed by atoms with van der Waals surface area (Å²) in [6, 6.07) is -9.17. The number of hydrogen-bond acceptors (Lipinski definition) is 20. The number of primary amides is 1. The van der Waals surface area contributed by atoms with Gasteiger partial charge in [-0.2, -0.15) is 0 Å². The molecule has 0 saturated carbocycles. The first-order chi connectivity index (χ1) is 47.7. The normalized spacial score (nSPS) is 16.8. The lowest BCUT2D eigenvalue weighted by Crippen LogP contribution is -2.62. The maximum Gasteiger partial charge on any atom is 0.325 e. The quantitative estimate of drug-likeness (QED) is 0.0167. The highest BCUT2D eigenvalue weighted by Crippen LogP contribution is 2.22. The summed E-state index contributed by atoms with van der Waals surface area (Å²) in [5, 5.41) is 67.9. The van der Waals surface area contributed by atoms with Crippen LogP contribution in [-0.4, -0.2) is 235 Å². The first-order valence-electron chi connectivity index (χ1n) is 33.5. The summed E-state index contributed by atoms with van der Waals surface area (Å²) in [7, 11) is 0. The Morgan fingerprint density at radius 1 is 0.624 bits per heavy atom. The van der Waals surface area contributed by atoms with E-state index in [1.807, 2.05) is 13.8 Å². The number of carboxylic acid groups (broad SMARTS) is 1. The minimum atomic E-state index is -1.93. The van der Waals surface area contributed by atoms with Crippen LogP contribution < -0.4 is 81.4 Å². The smallest absolute Gasteiger partial charge is 0.325 e. The number of aliphatic hydroxyl groups is 3. The Labute approximate surface area is 584 Å². The Morgan fingerprint density at radius 3 is 1.68 bits per heavy atom. The molecule has 0 unspecified atom stereocenters. The first-order valence-corrected chi connectivity index (χ1v) is 33.5. The highest BCUT2D eigenvalue weighted by atomic mass is 16.4. The molecule has 2 heterocycles. The minimum Gasteiger partial charge on any atom is -0.480 e. The molecule has 0 aliphatic carbocycles. The Hall–Kier alpha value is -9.88. The predicted molar refractivity (Wildman–Crippen MR) is 363 cm³/mol. The van der Waals surface area contributed by atoms with E-state index < -0.39 is 212 Å². The maximum absolute atomic E-state index is 14.4. The summed E-state index contributed by atoms with van der Waals surface area (Å²) < 4.78 is 0. The van der Waals surface area contributed by atoms with Crippen LogP contribution in [0.5, 0.6) is 0 Å². The van der Waals surface area contributed by atoms with Crippen LogP contribution in [0, 0.1) is 17.8 Å². The van der Waals surface area contributed by atoms with Gasteiger partial charge in [-0.15, -0.1) is 0 Å². The monoisotopic (exact) mass is 1430 g/mol. The number of nitrogens with zero attached hydrogens (tertiary/aromatic N) is 3. The maximum atomic E-state index is 14.4. The second-order valence-electron chi connectivity index (χ2n) is 25.4. The standard InChI is InChI=1S/C64H103N19O18/c1-9-33(5)49(81-56(93)42(25-37-16-12-11-13-17-37)76-53(90)40(18-14-22-70-64(67)68)74-52(89)39(65)24-32(3)4)61(98)79-45(30-85)58(95)78-44(29-84)57(94)77-43(26-38-27-69-31-72-38)55(92)75-41(20-21-47(66)87)54(91)82-51(36(8)86)60(97)71-28-48(88)80-50(34(6)10-2)62(99)83-23-15-19-46(83)59(96)73-35(7)63(100)101/h11-13,16-17,27,31-36,39-46,49-51,84-86H,9-10,14-15,18-26,28-30,65H2,1-8H3,(H2,66,87)(H,69,72)(H,71,97)(H,73,96)(H,74,89)(H,75,92)(H,76,90)(H,77,94)(H,78,95)(H,79,98)(H,80,88)(H,81,93)(H,82,91)(H,100,101)(H4,67,68,70)/t33-,34-,35-,36+,39-,40-,41-,42-,43-,44-,45-,46-,49-,50-,51-/m0/s1. The van der Waals surface area contributed by atoms with Crippen LogP contribution in [-0.2, 0) is 80.0 Å². The molecule has 37 heteroatoms. The molecule has 1 aromatic heterocycles. The first kappa shape index (κ1) is 85.3. The summed E-state index contributed by atoms with van der Waals surface area (Å²) in [6.07, 6.45) is 0.959. The molecule has 562 valence electrons. The Kier molecular flexibility index (Phi) is 36.3. The van der Waals surface area contributed by atoms with E-state index in [-0.39, 0.29) is 62.8 Å². The largest absolute Gasteiger partial charge is 0.480 e. The van der Waals surface area contributed by atoms with Gasteiger partial charge >= 0.3 is 5.97 Å². The van der Waals surface area contributed by atoms with Crippen molar-refractivity contribution in [3.05, 3.63) is 54.1 Å². The van der Waals surface area contributed by atoms with Crippen molar-refractivity contribution in [3.8, 4) is 0 Å². The zero-order chi connectivity index (χ0) is 75.8. The molecule has 37 nitrogen and oxygen atoms in total. The number of rotatable bonds is 44. The van der Waals surface area contributed by atoms with Crippen molar-refractivity contribution in [2.45, 2.75) is 205 Å². The van der Waals surface area contributed by atoms with Crippen molar-refractivity contribution in [2.24, 2.45) is 45.7 Å². The van der Waals surface area contributed by atoms with Crippen LogP contribution in [0.1, 0.15) is 124 Å². The van der Waals surface area contributed by atoms with Crippen LogP contribution >= 0.6 is 0 Å². The van der Waals surface area contributed by atoms with Crippen LogP contribution in [0.3, 0.4) is 0 Å². The molecule has 0 spiro atoms. The van der Waals surface area contributed by atoms with E-state index in [1.165, 1.54) is 24.3 Å². The zero-order valence-electron chi connectivity index (χ0n) is 58.2. The van der Waals surface area contributed by atoms with Crippen molar-refractivity contribution in [3.63, 3.8) is 0 Å². The number of aromatic amines is 1. The number of carboxylic acids is 1. The van der Waals surface area contributed by atoms with Crippen molar-refractivity contribution >= 4 is 88.7 Å². The van der Waals surface area contributed by atoms with Gasteiger partial charge < -0.3 is 112 Å². The number of hydrogen-bond donors (Lipinski definition) is 20. The van der Waals surface area contributed by atoms with E-state index in [1.54, 1.807) is 58.0 Å². The number of likely N-dealkylation sites (tertiary alicyclic amines) is 1. The molecule has 0 radical (unpaired) electrons. The van der Waals surface area contributed by atoms with Gasteiger partial charge in [-0.05, 0) is 75.7 Å². The second-order valence-corrected chi connectivity index (χ2v) is 25.4. The number of imidazole rings is 1. The molecule has 0 bridgehead atoms. The van der Waals surface area contributed by atoms with E-state index in [4.69, 9.17) is 22.9 Å². The summed E-state index contributed by atoms with van der Waals surface area (Å²) in [4.78, 5) is 202. The average molecular weight is 1430 g/mol. The minimum absolute atomic E-state index is 0.0136. The molecule has 1 aromatic carbocycles. The van der Waals surface area contributed by atoms with E-state index in [0.29, 0.717) is 24.8 Å². The zero-order valence-corrected chi connectivity index (χ0v) is 58.2.